The summed E-state index contributed by atoms with van der Waals surface area (Å²) in [7, 11) is 2.07. The van der Waals surface area contributed by atoms with Gasteiger partial charge in [0.15, 0.2) is 0 Å². The molecule has 4 fully saturated rings. The largest absolute Gasteiger partial charge is 0.458 e. The number of cyclic esters (lactones) is 1. The molecule has 0 saturated heterocycles. The first-order chi connectivity index (χ1) is 24.7. The Balaban J connectivity index is 0.000000210. The molecule has 11 heteroatoms. The lowest BCUT2D eigenvalue weighted by atomic mass is 9.42. The molecule has 54 heavy (non-hydrogen) atoms. The van der Waals surface area contributed by atoms with Crippen LogP contribution in [0.15, 0.2) is 40.4 Å². The van der Waals surface area contributed by atoms with Crippen molar-refractivity contribution in [3.05, 3.63) is 106 Å². The maximum absolute atomic E-state index is 12.2. The molecule has 1 heterocycles. The van der Waals surface area contributed by atoms with Crippen LogP contribution in [0.5, 0.6) is 0 Å². The summed E-state index contributed by atoms with van der Waals surface area (Å²) in [6, 6.07) is 0.606. The highest BCUT2D eigenvalue weighted by molar-refractivity contribution is 5.85. The molecule has 0 radical (unpaired) electrons. The Morgan fingerprint density at radius 1 is 0.667 bits per heavy atom. The Hall–Kier alpha value is -3.67. The zero-order chi connectivity index (χ0) is 39.5. The summed E-state index contributed by atoms with van der Waals surface area (Å²) >= 11 is 0. The molecule has 4 saturated carbocycles. The number of carbonyl (C=O) groups excluding carboxylic acids is 1. The van der Waals surface area contributed by atoms with Gasteiger partial charge in [0.25, 0.3) is 0 Å². The van der Waals surface area contributed by atoms with E-state index in [9.17, 15) is 43.8 Å². The number of aliphatic hydroxyl groups excluding tert-OH is 1. The van der Waals surface area contributed by atoms with Crippen molar-refractivity contribution < 1.29 is 19.7 Å². The van der Waals surface area contributed by atoms with E-state index in [-0.39, 0.29) is 63.2 Å². The predicted molar refractivity (Wildman–Crippen MR) is 209 cm³/mol. The lowest BCUT2D eigenvalue weighted by Crippen LogP contribution is -2.67. The van der Waals surface area contributed by atoms with Crippen molar-refractivity contribution in [3.63, 3.8) is 0 Å². The van der Waals surface area contributed by atoms with Gasteiger partial charge in [0.05, 0.1) is 11.7 Å². The first-order valence-electron chi connectivity index (χ1n) is 18.9. The smallest absolute Gasteiger partial charge is 0.331 e. The number of ether oxygens (including phenoxy) is 1. The van der Waals surface area contributed by atoms with Crippen molar-refractivity contribution in [3.8, 4) is 0 Å². The molecular weight excluding hydrogens is 690 g/mol. The summed E-state index contributed by atoms with van der Waals surface area (Å²) in [6.07, 6.45) is 9.22. The van der Waals surface area contributed by atoms with Gasteiger partial charge in [-0.25, -0.2) is 4.79 Å². The van der Waals surface area contributed by atoms with Crippen LogP contribution >= 0.6 is 0 Å². The number of aliphatic hydroxyl groups is 2. The Kier molecular flexibility index (Phi) is 12.3. The lowest BCUT2D eigenvalue weighted by molar-refractivity contribution is -0.243. The summed E-state index contributed by atoms with van der Waals surface area (Å²) in [4.78, 5) is 73.9. The molecule has 1 aliphatic heterocycles. The highest BCUT2D eigenvalue weighted by Gasteiger charge is 2.70. The molecule has 3 aromatic rings. The van der Waals surface area contributed by atoms with Gasteiger partial charge in [0, 0.05) is 50.9 Å². The fourth-order valence-corrected chi connectivity index (χ4v) is 10.5. The number of hydrogen-bond acceptors (Lipinski definition) is 11. The van der Waals surface area contributed by atoms with Crippen LogP contribution in [0.2, 0.25) is 0 Å². The molecule has 8 rings (SSSR count). The van der Waals surface area contributed by atoms with Crippen molar-refractivity contribution in [1.29, 1.82) is 0 Å². The number of nitrogens with one attached hydrogen (secondary N) is 1. The molecule has 0 bridgehead atoms. The number of hydrogen-bond donors (Lipinski definition) is 3. The van der Waals surface area contributed by atoms with Gasteiger partial charge in [-0.3, -0.25) is 28.8 Å². The van der Waals surface area contributed by atoms with Gasteiger partial charge in [-0.15, -0.1) is 0 Å². The van der Waals surface area contributed by atoms with E-state index in [0.717, 1.165) is 31.3 Å². The summed E-state index contributed by atoms with van der Waals surface area (Å²) in [5.41, 5.74) is 1.54. The van der Waals surface area contributed by atoms with Gasteiger partial charge in [0.1, 0.15) is 6.61 Å². The fourth-order valence-electron chi connectivity index (χ4n) is 10.5. The molecule has 0 amide bonds. The van der Waals surface area contributed by atoms with E-state index in [1.807, 2.05) is 0 Å². The number of rotatable bonds is 2. The predicted octanol–water partition coefficient (Wildman–Crippen LogP) is 3.14. The van der Waals surface area contributed by atoms with Crippen molar-refractivity contribution in [2.75, 3.05) is 13.7 Å². The number of carbonyl (C=O) groups is 1. The minimum absolute atomic E-state index is 0. The Labute approximate surface area is 316 Å². The highest BCUT2D eigenvalue weighted by atomic mass is 16.5. The van der Waals surface area contributed by atoms with Crippen LogP contribution in [-0.4, -0.2) is 47.6 Å². The van der Waals surface area contributed by atoms with Gasteiger partial charge >= 0.3 is 5.97 Å². The molecule has 3 N–H and O–H groups in total. The quantitative estimate of drug-likeness (QED) is 0.259. The SMILES string of the molecule is C.CNC1CCC2(C)C(CCC3C2CC(O)C2(C)C(C4=CC(=O)OC4)CCC32O)C1.Cc1c(C)c(=O)c1=O.Cc1c(C)c(=O)c1=O.Cc1c(C)c(=O)c1=O. The van der Waals surface area contributed by atoms with Crippen molar-refractivity contribution in [2.24, 2.45) is 34.5 Å². The van der Waals surface area contributed by atoms with Crippen LogP contribution in [0, 0.1) is 76.0 Å². The third-order valence-corrected chi connectivity index (χ3v) is 14.8. The van der Waals surface area contributed by atoms with Crippen LogP contribution in [0.1, 0.15) is 106 Å². The van der Waals surface area contributed by atoms with E-state index >= 15 is 0 Å². The molecule has 0 spiro atoms. The normalized spacial score (nSPS) is 33.7. The molecular formula is C43H59NO10. The van der Waals surface area contributed by atoms with E-state index < -0.39 is 17.1 Å². The fraction of sp³-hybridized carbons (Fsp3) is 0.651. The van der Waals surface area contributed by atoms with Crippen LogP contribution in [0.3, 0.4) is 0 Å². The van der Waals surface area contributed by atoms with E-state index in [0.29, 0.717) is 57.9 Å². The van der Waals surface area contributed by atoms with Crippen LogP contribution < -0.4 is 37.9 Å². The van der Waals surface area contributed by atoms with Gasteiger partial charge in [0.2, 0.25) is 32.6 Å². The third kappa shape index (κ3) is 6.68. The van der Waals surface area contributed by atoms with E-state index in [4.69, 9.17) is 4.74 Å². The van der Waals surface area contributed by atoms with Crippen LogP contribution in [-0.2, 0) is 9.53 Å². The number of fused-ring (bicyclic) bond motifs is 5. The topological polar surface area (TPSA) is 181 Å². The first kappa shape index (κ1) is 43.1. The molecule has 11 nitrogen and oxygen atoms in total. The van der Waals surface area contributed by atoms with Gasteiger partial charge in [-0.2, -0.15) is 0 Å². The number of esters is 1. The maximum Gasteiger partial charge on any atom is 0.331 e. The molecule has 3 aromatic carbocycles. The second-order valence-corrected chi connectivity index (χ2v) is 16.9. The van der Waals surface area contributed by atoms with Gasteiger partial charge in [-0.05, 0) is 135 Å². The summed E-state index contributed by atoms with van der Waals surface area (Å²) in [5.74, 6) is 1.04. The standard InChI is InChI=1S/C24H37NO4.3C6H6O2.CH4/c1-22-8-6-16(25-3)11-15(22)4-5-18-19(22)12-20(26)23(2)17(7-9-24(18,23)28)14-10-21(27)29-13-14;3*1-3-4(2)6(8)5(3)7;/h10,15-20,25-26,28H,4-9,11-13H2,1-3H3;3*1-2H3;1H4. The van der Waals surface area contributed by atoms with E-state index in [2.05, 4.69) is 26.2 Å². The third-order valence-electron chi connectivity index (χ3n) is 14.8. The van der Waals surface area contributed by atoms with E-state index in [1.54, 1.807) is 47.6 Å². The zero-order valence-corrected chi connectivity index (χ0v) is 32.6. The van der Waals surface area contributed by atoms with Crippen molar-refractivity contribution in [1.82, 2.24) is 5.32 Å². The van der Waals surface area contributed by atoms with Crippen LogP contribution in [0.4, 0.5) is 0 Å². The van der Waals surface area contributed by atoms with Crippen molar-refractivity contribution in [2.45, 2.75) is 132 Å². The maximum atomic E-state index is 12.2. The minimum Gasteiger partial charge on any atom is -0.458 e. The minimum atomic E-state index is -0.861. The zero-order valence-electron chi connectivity index (χ0n) is 32.6. The Morgan fingerprint density at radius 2 is 1.13 bits per heavy atom. The van der Waals surface area contributed by atoms with Gasteiger partial charge in [-0.1, -0.05) is 21.3 Å². The molecule has 4 aliphatic carbocycles. The summed E-state index contributed by atoms with van der Waals surface area (Å²) in [5, 5.41) is 27.2. The monoisotopic (exact) mass is 749 g/mol. The molecule has 296 valence electrons. The van der Waals surface area contributed by atoms with Crippen molar-refractivity contribution >= 4 is 5.97 Å². The second-order valence-electron chi connectivity index (χ2n) is 16.9. The highest BCUT2D eigenvalue weighted by Crippen LogP contribution is 2.69. The van der Waals surface area contributed by atoms with Gasteiger partial charge < -0.3 is 20.3 Å². The molecule has 0 aromatic heterocycles. The Bertz CT molecular complexity index is 1920. The molecule has 5 aliphatic rings. The lowest BCUT2D eigenvalue weighted by Gasteiger charge is -2.65. The average Bonchev–Trinajstić information content (AvgIpc) is 3.72. The molecule has 9 atom stereocenters. The average molecular weight is 750 g/mol. The summed E-state index contributed by atoms with van der Waals surface area (Å²) < 4.78 is 5.18. The van der Waals surface area contributed by atoms with E-state index in [1.165, 1.54) is 25.7 Å². The molecule has 9 unspecified atom stereocenters. The summed E-state index contributed by atoms with van der Waals surface area (Å²) in [6.45, 7) is 14.8. The van der Waals surface area contributed by atoms with Crippen LogP contribution in [0.25, 0.3) is 0 Å². The Morgan fingerprint density at radius 3 is 1.52 bits per heavy atom. The second kappa shape index (κ2) is 15.5. The first-order valence-corrected chi connectivity index (χ1v) is 18.9.